The summed E-state index contributed by atoms with van der Waals surface area (Å²) in [6, 6.07) is 15.3. The van der Waals surface area contributed by atoms with Gasteiger partial charge in [0.15, 0.2) is 0 Å². The first-order valence-electron chi connectivity index (χ1n) is 9.68. The molecule has 1 atom stereocenters. The van der Waals surface area contributed by atoms with Crippen LogP contribution in [-0.4, -0.2) is 23.6 Å². The molecule has 1 aliphatic rings. The van der Waals surface area contributed by atoms with E-state index in [1.807, 2.05) is 4.68 Å². The SMILES string of the molecule is Cc1cc(C)c(-n2c[n+]3c(n2)COC[C@H]3Cc2ccccc2)c(C)c1.F[B-](F)(F)F. The van der Waals surface area contributed by atoms with Crippen LogP contribution in [0.1, 0.15) is 34.1 Å². The monoisotopic (exact) mass is 421 g/mol. The van der Waals surface area contributed by atoms with Crippen molar-refractivity contribution in [2.24, 2.45) is 0 Å². The van der Waals surface area contributed by atoms with Gasteiger partial charge in [-0.05, 0) is 37.5 Å². The lowest BCUT2D eigenvalue weighted by Gasteiger charge is -2.19. The van der Waals surface area contributed by atoms with E-state index in [-0.39, 0.29) is 6.04 Å². The van der Waals surface area contributed by atoms with Gasteiger partial charge in [0.05, 0.1) is 6.61 Å². The number of benzene rings is 2. The average Bonchev–Trinajstić information content (AvgIpc) is 3.05. The number of aryl methyl sites for hydroxylation is 3. The maximum atomic E-state index is 9.75. The first-order valence-corrected chi connectivity index (χ1v) is 9.68. The third-order valence-corrected chi connectivity index (χ3v) is 4.87. The number of fused-ring (bicyclic) bond motifs is 1. The van der Waals surface area contributed by atoms with Crippen LogP contribution in [0.3, 0.4) is 0 Å². The molecule has 0 bridgehead atoms. The van der Waals surface area contributed by atoms with Crippen molar-refractivity contribution in [1.82, 2.24) is 9.78 Å². The van der Waals surface area contributed by atoms with Crippen molar-refractivity contribution in [2.75, 3.05) is 6.61 Å². The minimum Gasteiger partial charge on any atom is -0.418 e. The van der Waals surface area contributed by atoms with Crippen molar-refractivity contribution in [3.8, 4) is 5.69 Å². The number of rotatable bonds is 3. The molecule has 0 unspecified atom stereocenters. The van der Waals surface area contributed by atoms with E-state index in [1.54, 1.807) is 0 Å². The molecule has 9 heteroatoms. The molecule has 1 aromatic heterocycles. The fraction of sp³-hybridized carbons (Fsp3) is 0.333. The van der Waals surface area contributed by atoms with Crippen LogP contribution in [0.15, 0.2) is 48.8 Å². The minimum atomic E-state index is -6.00. The molecule has 160 valence electrons. The summed E-state index contributed by atoms with van der Waals surface area (Å²) in [5, 5.41) is 4.82. The molecule has 0 saturated heterocycles. The third-order valence-electron chi connectivity index (χ3n) is 4.87. The van der Waals surface area contributed by atoms with Crippen LogP contribution in [0.25, 0.3) is 5.69 Å². The second-order valence-corrected chi connectivity index (χ2v) is 7.48. The summed E-state index contributed by atoms with van der Waals surface area (Å²) >= 11 is 0. The predicted molar refractivity (Wildman–Crippen MR) is 107 cm³/mol. The number of nitrogens with zero attached hydrogens (tertiary/aromatic N) is 3. The van der Waals surface area contributed by atoms with Gasteiger partial charge >= 0.3 is 13.1 Å². The third kappa shape index (κ3) is 5.69. The van der Waals surface area contributed by atoms with Gasteiger partial charge in [-0.1, -0.05) is 52.7 Å². The van der Waals surface area contributed by atoms with Crippen molar-refractivity contribution in [2.45, 2.75) is 39.8 Å². The molecule has 0 saturated carbocycles. The summed E-state index contributed by atoms with van der Waals surface area (Å²) in [7, 11) is -6.00. The highest BCUT2D eigenvalue weighted by atomic mass is 19.5. The van der Waals surface area contributed by atoms with Crippen molar-refractivity contribution in [3.05, 3.63) is 76.9 Å². The first-order chi connectivity index (χ1) is 14.1. The quantitative estimate of drug-likeness (QED) is 0.349. The van der Waals surface area contributed by atoms with Gasteiger partial charge in [0.1, 0.15) is 18.3 Å². The average molecular weight is 421 g/mol. The van der Waals surface area contributed by atoms with Gasteiger partial charge in [0, 0.05) is 11.5 Å². The second-order valence-electron chi connectivity index (χ2n) is 7.48. The van der Waals surface area contributed by atoms with Crippen molar-refractivity contribution >= 4 is 7.25 Å². The lowest BCUT2D eigenvalue weighted by Crippen LogP contribution is -2.48. The Hall–Kier alpha value is -2.68. The number of aromatic nitrogens is 3. The highest BCUT2D eigenvalue weighted by Gasteiger charge is 2.30. The molecule has 0 fully saturated rings. The zero-order valence-electron chi connectivity index (χ0n) is 17.2. The summed E-state index contributed by atoms with van der Waals surface area (Å²) in [5.74, 6) is 0.992. The Morgan fingerprint density at radius 3 is 2.27 bits per heavy atom. The highest BCUT2D eigenvalue weighted by molar-refractivity contribution is 6.50. The second kappa shape index (κ2) is 8.99. The van der Waals surface area contributed by atoms with Crippen molar-refractivity contribution in [1.29, 1.82) is 0 Å². The van der Waals surface area contributed by atoms with E-state index in [9.17, 15) is 17.3 Å². The van der Waals surface area contributed by atoms with Gasteiger partial charge in [0.25, 0.3) is 0 Å². The van der Waals surface area contributed by atoms with E-state index in [0.29, 0.717) is 6.61 Å². The summed E-state index contributed by atoms with van der Waals surface area (Å²) < 4.78 is 49.1. The molecular weight excluding hydrogens is 397 g/mol. The number of hydrogen-bond acceptors (Lipinski definition) is 2. The summed E-state index contributed by atoms with van der Waals surface area (Å²) in [6.45, 7) is 7.74. The van der Waals surface area contributed by atoms with Gasteiger partial charge < -0.3 is 22.0 Å². The molecular formula is C21H24BF4N3O. The molecule has 2 aromatic carbocycles. The topological polar surface area (TPSA) is 30.9 Å². The van der Waals surface area contributed by atoms with E-state index in [4.69, 9.17) is 9.84 Å². The molecule has 0 aliphatic carbocycles. The zero-order valence-corrected chi connectivity index (χ0v) is 17.2. The van der Waals surface area contributed by atoms with Gasteiger partial charge in [-0.25, -0.2) is 4.57 Å². The fourth-order valence-corrected chi connectivity index (χ4v) is 3.85. The number of halogens is 4. The zero-order chi connectivity index (χ0) is 21.9. The van der Waals surface area contributed by atoms with E-state index < -0.39 is 7.25 Å². The Kier molecular flexibility index (Phi) is 6.60. The van der Waals surface area contributed by atoms with E-state index in [2.05, 4.69) is 74.1 Å². The van der Waals surface area contributed by atoms with Crippen LogP contribution in [0.4, 0.5) is 17.3 Å². The summed E-state index contributed by atoms with van der Waals surface area (Å²) in [5.41, 5.74) is 6.28. The first kappa shape index (κ1) is 22.0. The van der Waals surface area contributed by atoms with Gasteiger partial charge in [-0.3, -0.25) is 0 Å². The molecule has 2 heterocycles. The normalized spacial score (nSPS) is 15.9. The molecule has 4 rings (SSSR count). The summed E-state index contributed by atoms with van der Waals surface area (Å²) in [6.07, 6.45) is 3.09. The Morgan fingerprint density at radius 2 is 1.67 bits per heavy atom. The standard InChI is InChI=1S/C21H24N3O.BF4/c1-15-9-16(2)21(17(3)10-15)24-14-23-19(12-25-13-20(23)22-24)11-18-7-5-4-6-8-18;2-1(3,4)5/h4-10,14,19H,11-13H2,1-3H3;/q+1;-1/t19-;/m1./s1. The molecule has 3 aromatic rings. The molecule has 4 nitrogen and oxygen atoms in total. The molecule has 0 N–H and O–H groups in total. The minimum absolute atomic E-state index is 0.283. The Labute approximate surface area is 173 Å². The molecule has 0 amide bonds. The summed E-state index contributed by atoms with van der Waals surface area (Å²) in [4.78, 5) is 0. The van der Waals surface area contributed by atoms with Crippen LogP contribution in [0.5, 0.6) is 0 Å². The Morgan fingerprint density at radius 1 is 1.07 bits per heavy atom. The van der Waals surface area contributed by atoms with E-state index in [1.165, 1.54) is 27.9 Å². The smallest absolute Gasteiger partial charge is 0.418 e. The molecule has 1 aliphatic heterocycles. The van der Waals surface area contributed by atoms with Crippen molar-refractivity contribution < 1.29 is 26.6 Å². The van der Waals surface area contributed by atoms with Crippen LogP contribution in [0, 0.1) is 20.8 Å². The van der Waals surface area contributed by atoms with E-state index in [0.717, 1.165) is 18.9 Å². The highest BCUT2D eigenvalue weighted by Crippen LogP contribution is 2.21. The number of hydrogen-bond donors (Lipinski definition) is 0. The van der Waals surface area contributed by atoms with Gasteiger partial charge in [-0.2, -0.15) is 0 Å². The van der Waals surface area contributed by atoms with Crippen molar-refractivity contribution in [3.63, 3.8) is 0 Å². The molecule has 30 heavy (non-hydrogen) atoms. The van der Waals surface area contributed by atoms with E-state index >= 15 is 0 Å². The van der Waals surface area contributed by atoms with Crippen LogP contribution >= 0.6 is 0 Å². The van der Waals surface area contributed by atoms with Crippen LogP contribution < -0.4 is 4.57 Å². The number of ether oxygens (including phenoxy) is 1. The largest absolute Gasteiger partial charge is 0.673 e. The van der Waals surface area contributed by atoms with Gasteiger partial charge in [0.2, 0.25) is 6.33 Å². The Balaban J connectivity index is 0.000000461. The maximum Gasteiger partial charge on any atom is 0.673 e. The van der Waals surface area contributed by atoms with Gasteiger partial charge in [-0.15, -0.1) is 0 Å². The lowest BCUT2D eigenvalue weighted by molar-refractivity contribution is -0.742. The fourth-order valence-electron chi connectivity index (χ4n) is 3.85. The lowest BCUT2D eigenvalue weighted by atomic mass is 10.1. The predicted octanol–water partition coefficient (Wildman–Crippen LogP) is 4.70. The maximum absolute atomic E-state index is 9.75. The Bertz CT molecular complexity index is 976. The molecule has 0 spiro atoms. The molecule has 0 radical (unpaired) electrons. The van der Waals surface area contributed by atoms with Crippen LogP contribution in [0.2, 0.25) is 0 Å². The van der Waals surface area contributed by atoms with Crippen LogP contribution in [-0.2, 0) is 17.8 Å².